The summed E-state index contributed by atoms with van der Waals surface area (Å²) >= 11 is 0. The second kappa shape index (κ2) is 8.86. The number of allylic oxidation sites excluding steroid dienone is 2. The van der Waals surface area contributed by atoms with Crippen molar-refractivity contribution in [3.63, 3.8) is 0 Å². The van der Waals surface area contributed by atoms with Crippen LogP contribution in [-0.2, 0) is 14.0 Å². The van der Waals surface area contributed by atoms with Gasteiger partial charge in [0.25, 0.3) is 0 Å². The monoisotopic (exact) mass is 308 g/mol. The van der Waals surface area contributed by atoms with Crippen LogP contribution in [0.4, 0.5) is 0 Å². The Bertz CT molecular complexity index is 445. The maximum Gasteiger partial charge on any atom is 0.302 e. The van der Waals surface area contributed by atoms with Crippen molar-refractivity contribution in [2.45, 2.75) is 52.2 Å². The predicted molar refractivity (Wildman–Crippen MR) is 90.5 cm³/mol. The minimum absolute atomic E-state index is 0.226. The first-order valence-corrected chi connectivity index (χ1v) is 10.1. The average Bonchev–Trinajstić information content (AvgIpc) is 2.32. The highest BCUT2D eigenvalue weighted by Crippen LogP contribution is 2.36. The molecule has 0 aliphatic heterocycles. The van der Waals surface area contributed by atoms with Crippen molar-refractivity contribution < 1.29 is 14.0 Å². The molecule has 0 aromatic carbocycles. The summed E-state index contributed by atoms with van der Waals surface area (Å²) in [7, 11) is -1.67. The molecule has 0 atom stereocenters. The summed E-state index contributed by atoms with van der Waals surface area (Å²) in [6.07, 6.45) is 4.18. The van der Waals surface area contributed by atoms with Crippen LogP contribution in [0.15, 0.2) is 24.3 Å². The molecular formula is C17H28O3Si. The molecule has 0 saturated heterocycles. The van der Waals surface area contributed by atoms with Gasteiger partial charge in [0.2, 0.25) is 0 Å². The minimum Gasteiger partial charge on any atom is -0.462 e. The fourth-order valence-corrected chi connectivity index (χ4v) is 2.19. The number of hydrogen-bond donors (Lipinski definition) is 0. The van der Waals surface area contributed by atoms with Gasteiger partial charge in [-0.05, 0) is 30.3 Å². The summed E-state index contributed by atoms with van der Waals surface area (Å²) < 4.78 is 10.8. The second-order valence-corrected chi connectivity index (χ2v) is 11.2. The first-order chi connectivity index (χ1) is 9.56. The third-order valence-electron chi connectivity index (χ3n) is 3.45. The van der Waals surface area contributed by atoms with Gasteiger partial charge >= 0.3 is 5.97 Å². The van der Waals surface area contributed by atoms with Crippen LogP contribution in [0.1, 0.15) is 34.1 Å². The molecule has 0 bridgehead atoms. The highest BCUT2D eigenvalue weighted by atomic mass is 28.4. The van der Waals surface area contributed by atoms with E-state index in [4.69, 9.17) is 9.16 Å². The highest BCUT2D eigenvalue weighted by Gasteiger charge is 2.36. The van der Waals surface area contributed by atoms with Gasteiger partial charge in [-0.25, -0.2) is 0 Å². The van der Waals surface area contributed by atoms with E-state index in [-0.39, 0.29) is 17.6 Å². The van der Waals surface area contributed by atoms with E-state index in [0.29, 0.717) is 18.6 Å². The molecule has 0 amide bonds. The molecule has 0 rings (SSSR count). The molecule has 0 unspecified atom stereocenters. The van der Waals surface area contributed by atoms with Gasteiger partial charge < -0.3 is 9.16 Å². The summed E-state index contributed by atoms with van der Waals surface area (Å²) in [6, 6.07) is 0. The lowest BCUT2D eigenvalue weighted by atomic mass is 10.2. The normalized spacial score (nSPS) is 11.9. The summed E-state index contributed by atoms with van der Waals surface area (Å²) in [5.74, 6) is 5.71. The Balaban J connectivity index is 4.04. The zero-order chi connectivity index (χ0) is 16.5. The molecule has 0 spiro atoms. The largest absolute Gasteiger partial charge is 0.462 e. The van der Waals surface area contributed by atoms with Gasteiger partial charge in [-0.15, -0.1) is 0 Å². The van der Waals surface area contributed by atoms with E-state index in [1.807, 2.05) is 0 Å². The molecule has 21 heavy (non-hydrogen) atoms. The van der Waals surface area contributed by atoms with Crippen molar-refractivity contribution in [3.05, 3.63) is 24.3 Å². The number of carbonyl (C=O) groups is 1. The summed E-state index contributed by atoms with van der Waals surface area (Å²) in [5.41, 5.74) is 0.703. The Labute approximate surface area is 130 Å². The molecule has 0 saturated carbocycles. The number of esters is 1. The molecule has 0 radical (unpaired) electrons. The standard InChI is InChI=1S/C17H28O3Si/c1-15(12-10-13-19-16(2)18)11-8-9-14-20-21(6,7)17(3,4)5/h10,12H,1,9,13-14H2,2-7H3/b12-10+. The lowest BCUT2D eigenvalue weighted by Crippen LogP contribution is -2.40. The lowest BCUT2D eigenvalue weighted by molar-refractivity contribution is -0.139. The van der Waals surface area contributed by atoms with Crippen LogP contribution < -0.4 is 0 Å². The van der Waals surface area contributed by atoms with Crippen LogP contribution in [0.25, 0.3) is 0 Å². The molecule has 0 aliphatic rings. The molecular weight excluding hydrogens is 280 g/mol. The number of carbonyl (C=O) groups excluding carboxylic acids is 1. The molecule has 0 heterocycles. The van der Waals surface area contributed by atoms with Crippen molar-refractivity contribution in [3.8, 4) is 11.8 Å². The Morgan fingerprint density at radius 1 is 1.33 bits per heavy atom. The van der Waals surface area contributed by atoms with E-state index in [2.05, 4.69) is 52.3 Å². The van der Waals surface area contributed by atoms with Crippen molar-refractivity contribution in [2.75, 3.05) is 13.2 Å². The highest BCUT2D eigenvalue weighted by molar-refractivity contribution is 6.74. The summed E-state index contributed by atoms with van der Waals surface area (Å²) in [4.78, 5) is 10.6. The van der Waals surface area contributed by atoms with E-state index in [1.165, 1.54) is 6.92 Å². The van der Waals surface area contributed by atoms with E-state index in [0.717, 1.165) is 0 Å². The zero-order valence-corrected chi connectivity index (χ0v) is 15.2. The van der Waals surface area contributed by atoms with Crippen molar-refractivity contribution in [2.24, 2.45) is 0 Å². The SMILES string of the molecule is C=C(C#CCCO[Si](C)(C)C(C)(C)C)/C=C/COC(C)=O. The predicted octanol–water partition coefficient (Wildman–Crippen LogP) is 4.08. The van der Waals surface area contributed by atoms with Gasteiger partial charge in [0.15, 0.2) is 8.32 Å². The second-order valence-electron chi connectivity index (χ2n) is 6.39. The number of hydrogen-bond acceptors (Lipinski definition) is 3. The van der Waals surface area contributed by atoms with E-state index in [9.17, 15) is 4.79 Å². The van der Waals surface area contributed by atoms with Crippen LogP contribution >= 0.6 is 0 Å². The number of rotatable bonds is 6. The first-order valence-electron chi connectivity index (χ1n) is 7.18. The fraction of sp³-hybridized carbons (Fsp3) is 0.588. The van der Waals surface area contributed by atoms with Crippen molar-refractivity contribution >= 4 is 14.3 Å². The van der Waals surface area contributed by atoms with Gasteiger partial charge in [-0.2, -0.15) is 0 Å². The molecule has 4 heteroatoms. The molecule has 0 aromatic rings. The summed E-state index contributed by atoms with van der Waals surface area (Å²) in [6.45, 7) is 17.3. The third-order valence-corrected chi connectivity index (χ3v) is 7.99. The molecule has 0 fully saturated rings. The molecule has 0 N–H and O–H groups in total. The zero-order valence-electron chi connectivity index (χ0n) is 14.2. The van der Waals surface area contributed by atoms with Crippen molar-refractivity contribution in [1.82, 2.24) is 0 Å². The molecule has 3 nitrogen and oxygen atoms in total. The van der Waals surface area contributed by atoms with Crippen molar-refractivity contribution in [1.29, 1.82) is 0 Å². The quantitative estimate of drug-likeness (QED) is 0.244. The van der Waals surface area contributed by atoms with E-state index in [1.54, 1.807) is 12.2 Å². The Morgan fingerprint density at radius 2 is 1.95 bits per heavy atom. The smallest absolute Gasteiger partial charge is 0.302 e. The van der Waals surface area contributed by atoms with Gasteiger partial charge in [-0.1, -0.05) is 39.2 Å². The van der Waals surface area contributed by atoms with Crippen LogP contribution in [0, 0.1) is 11.8 Å². The maximum absolute atomic E-state index is 10.6. The molecule has 0 aromatic heterocycles. The molecule has 118 valence electrons. The maximum atomic E-state index is 10.6. The summed E-state index contributed by atoms with van der Waals surface area (Å²) in [5, 5.41) is 0.226. The van der Waals surface area contributed by atoms with Gasteiger partial charge in [0.1, 0.15) is 6.61 Å². The topological polar surface area (TPSA) is 35.5 Å². The lowest BCUT2D eigenvalue weighted by Gasteiger charge is -2.35. The van der Waals surface area contributed by atoms with Gasteiger partial charge in [0, 0.05) is 25.5 Å². The average molecular weight is 308 g/mol. The van der Waals surface area contributed by atoms with Crippen LogP contribution in [0.5, 0.6) is 0 Å². The van der Waals surface area contributed by atoms with Crippen LogP contribution in [-0.4, -0.2) is 27.5 Å². The first kappa shape index (κ1) is 19.7. The Hall–Kier alpha value is -1.31. The Kier molecular flexibility index (Phi) is 8.31. The minimum atomic E-state index is -1.67. The van der Waals surface area contributed by atoms with Gasteiger partial charge in [0.05, 0.1) is 0 Å². The van der Waals surface area contributed by atoms with E-state index < -0.39 is 8.32 Å². The van der Waals surface area contributed by atoms with E-state index >= 15 is 0 Å². The van der Waals surface area contributed by atoms with Crippen LogP contribution in [0.3, 0.4) is 0 Å². The molecule has 0 aliphatic carbocycles. The van der Waals surface area contributed by atoms with Crippen LogP contribution in [0.2, 0.25) is 18.1 Å². The van der Waals surface area contributed by atoms with Gasteiger partial charge in [-0.3, -0.25) is 4.79 Å². The fourth-order valence-electron chi connectivity index (χ4n) is 1.15. The Morgan fingerprint density at radius 3 is 2.48 bits per heavy atom. The number of ether oxygens (including phenoxy) is 1. The third kappa shape index (κ3) is 9.27.